The van der Waals surface area contributed by atoms with Crippen molar-refractivity contribution in [3.8, 4) is 0 Å². The van der Waals surface area contributed by atoms with E-state index in [4.69, 9.17) is 0 Å². The molecule has 7 heteroatoms. The summed E-state index contributed by atoms with van der Waals surface area (Å²) in [5.74, 6) is -0.110. The van der Waals surface area contributed by atoms with E-state index in [1.165, 1.54) is 12.1 Å². The maximum atomic E-state index is 12.0. The predicted molar refractivity (Wildman–Crippen MR) is 77.0 cm³/mol. The van der Waals surface area contributed by atoms with E-state index in [0.29, 0.717) is 6.04 Å². The average Bonchev–Trinajstić information content (AvgIpc) is 3.22. The molecule has 0 heterocycles. The molecular weight excluding hydrogens is 278 g/mol. The number of carbonyl (C=O) groups is 1. The number of benzene rings is 1. The van der Waals surface area contributed by atoms with Gasteiger partial charge >= 0.3 is 0 Å². The van der Waals surface area contributed by atoms with Gasteiger partial charge in [0.25, 0.3) is 0 Å². The first kappa shape index (κ1) is 14.8. The Morgan fingerprint density at radius 3 is 2.45 bits per heavy atom. The predicted octanol–water partition coefficient (Wildman–Crippen LogP) is 0.675. The molecule has 0 aliphatic heterocycles. The largest absolute Gasteiger partial charge is 0.388 e. The Kier molecular flexibility index (Phi) is 4.61. The second kappa shape index (κ2) is 6.23. The fourth-order valence-corrected chi connectivity index (χ4v) is 2.74. The topological polar surface area (TPSA) is 87.3 Å². The smallest absolute Gasteiger partial charge is 0.240 e. The summed E-state index contributed by atoms with van der Waals surface area (Å²) < 4.78 is 26.4. The maximum Gasteiger partial charge on any atom is 0.240 e. The Bertz CT molecular complexity index is 565. The summed E-state index contributed by atoms with van der Waals surface area (Å²) >= 11 is 0. The normalized spacial score (nSPS) is 14.8. The highest BCUT2D eigenvalue weighted by Gasteiger charge is 2.23. The van der Waals surface area contributed by atoms with Crippen LogP contribution in [0.1, 0.15) is 19.3 Å². The highest BCUT2D eigenvalue weighted by molar-refractivity contribution is 7.89. The molecule has 6 nitrogen and oxygen atoms in total. The van der Waals surface area contributed by atoms with Crippen LogP contribution >= 0.6 is 0 Å². The van der Waals surface area contributed by atoms with E-state index in [-0.39, 0.29) is 23.8 Å². The molecule has 0 spiro atoms. The van der Waals surface area contributed by atoms with E-state index in [2.05, 4.69) is 15.4 Å². The van der Waals surface area contributed by atoms with Crippen LogP contribution in [-0.2, 0) is 14.8 Å². The molecule has 0 atom stereocenters. The molecule has 1 fully saturated rings. The van der Waals surface area contributed by atoms with Crippen LogP contribution in [0.15, 0.2) is 29.2 Å². The van der Waals surface area contributed by atoms with Crippen molar-refractivity contribution < 1.29 is 13.2 Å². The van der Waals surface area contributed by atoms with Gasteiger partial charge in [0, 0.05) is 31.7 Å². The van der Waals surface area contributed by atoms with Crippen molar-refractivity contribution in [3.63, 3.8) is 0 Å². The highest BCUT2D eigenvalue weighted by atomic mass is 32.2. The number of sulfonamides is 1. The van der Waals surface area contributed by atoms with Crippen LogP contribution in [0.2, 0.25) is 0 Å². The quantitative estimate of drug-likeness (QED) is 0.690. The van der Waals surface area contributed by atoms with Gasteiger partial charge in [-0.1, -0.05) is 0 Å². The molecular formula is C13H19N3O3S. The van der Waals surface area contributed by atoms with E-state index in [1.807, 2.05) is 0 Å². The van der Waals surface area contributed by atoms with Crippen LogP contribution in [0.3, 0.4) is 0 Å². The standard InChI is InChI=1S/C13H19N3O3S/c1-14-10-4-6-12(7-5-10)20(18,19)15-9-8-13(17)16-11-2-3-11/h4-7,11,14-15H,2-3,8-9H2,1H3,(H,16,17). The SMILES string of the molecule is CNc1ccc(S(=O)(=O)NCCC(=O)NC2CC2)cc1. The zero-order valence-corrected chi connectivity index (χ0v) is 12.2. The first-order chi connectivity index (χ1) is 9.51. The average molecular weight is 297 g/mol. The van der Waals surface area contributed by atoms with Gasteiger partial charge in [-0.2, -0.15) is 0 Å². The third-order valence-corrected chi connectivity index (χ3v) is 4.52. The molecule has 1 saturated carbocycles. The Hall–Kier alpha value is -1.60. The second-order valence-corrected chi connectivity index (χ2v) is 6.53. The van der Waals surface area contributed by atoms with Gasteiger partial charge in [-0.15, -0.1) is 0 Å². The number of amides is 1. The molecule has 1 aliphatic rings. The fraction of sp³-hybridized carbons (Fsp3) is 0.462. The summed E-state index contributed by atoms with van der Waals surface area (Å²) in [4.78, 5) is 11.6. The van der Waals surface area contributed by atoms with E-state index < -0.39 is 10.0 Å². The number of hydrogen-bond donors (Lipinski definition) is 3. The summed E-state index contributed by atoms with van der Waals surface area (Å²) in [5, 5.41) is 5.73. The molecule has 1 aliphatic carbocycles. The Labute approximate surface area is 119 Å². The fourth-order valence-electron chi connectivity index (χ4n) is 1.71. The van der Waals surface area contributed by atoms with E-state index in [9.17, 15) is 13.2 Å². The van der Waals surface area contributed by atoms with Gasteiger partial charge in [0.1, 0.15) is 0 Å². The van der Waals surface area contributed by atoms with Crippen LogP contribution in [0.4, 0.5) is 5.69 Å². The monoisotopic (exact) mass is 297 g/mol. The molecule has 110 valence electrons. The first-order valence-electron chi connectivity index (χ1n) is 6.58. The van der Waals surface area contributed by atoms with Gasteiger partial charge in [0.15, 0.2) is 0 Å². The molecule has 20 heavy (non-hydrogen) atoms. The molecule has 3 N–H and O–H groups in total. The van der Waals surface area contributed by atoms with Crippen LogP contribution < -0.4 is 15.4 Å². The summed E-state index contributed by atoms with van der Waals surface area (Å²) in [5.41, 5.74) is 0.841. The summed E-state index contributed by atoms with van der Waals surface area (Å²) in [6.07, 6.45) is 2.20. The Morgan fingerprint density at radius 1 is 1.25 bits per heavy atom. The molecule has 1 amide bonds. The molecule has 0 radical (unpaired) electrons. The number of hydrogen-bond acceptors (Lipinski definition) is 4. The molecule has 1 aromatic carbocycles. The van der Waals surface area contributed by atoms with E-state index >= 15 is 0 Å². The molecule has 0 unspecified atom stereocenters. The Balaban J connectivity index is 1.84. The summed E-state index contributed by atoms with van der Waals surface area (Å²) in [6.45, 7) is 0.106. The van der Waals surface area contributed by atoms with Crippen LogP contribution in [0.25, 0.3) is 0 Å². The minimum atomic E-state index is -3.55. The summed E-state index contributed by atoms with van der Waals surface area (Å²) in [6, 6.07) is 6.73. The molecule has 2 rings (SSSR count). The van der Waals surface area contributed by atoms with Crippen molar-refractivity contribution in [1.82, 2.24) is 10.0 Å². The van der Waals surface area contributed by atoms with Gasteiger partial charge in [-0.3, -0.25) is 4.79 Å². The lowest BCUT2D eigenvalue weighted by molar-refractivity contribution is -0.121. The van der Waals surface area contributed by atoms with Crippen molar-refractivity contribution in [3.05, 3.63) is 24.3 Å². The summed E-state index contributed by atoms with van der Waals surface area (Å²) in [7, 11) is -1.79. The highest BCUT2D eigenvalue weighted by Crippen LogP contribution is 2.18. The lowest BCUT2D eigenvalue weighted by atomic mass is 10.3. The van der Waals surface area contributed by atoms with Crippen molar-refractivity contribution in [2.75, 3.05) is 18.9 Å². The lowest BCUT2D eigenvalue weighted by Crippen LogP contribution is -2.31. The van der Waals surface area contributed by atoms with Crippen LogP contribution in [0, 0.1) is 0 Å². The number of anilines is 1. The Morgan fingerprint density at radius 2 is 1.90 bits per heavy atom. The molecule has 0 saturated heterocycles. The molecule has 0 aromatic heterocycles. The minimum absolute atomic E-state index is 0.106. The van der Waals surface area contributed by atoms with E-state index in [1.54, 1.807) is 19.2 Å². The van der Waals surface area contributed by atoms with Gasteiger partial charge in [-0.25, -0.2) is 13.1 Å². The van der Waals surface area contributed by atoms with Crippen molar-refractivity contribution in [2.45, 2.75) is 30.2 Å². The van der Waals surface area contributed by atoms with Crippen molar-refractivity contribution >= 4 is 21.6 Å². The number of nitrogens with one attached hydrogen (secondary N) is 3. The van der Waals surface area contributed by atoms with Crippen LogP contribution in [-0.4, -0.2) is 34.0 Å². The minimum Gasteiger partial charge on any atom is -0.388 e. The van der Waals surface area contributed by atoms with Gasteiger partial charge < -0.3 is 10.6 Å². The second-order valence-electron chi connectivity index (χ2n) is 4.76. The lowest BCUT2D eigenvalue weighted by Gasteiger charge is -2.08. The first-order valence-corrected chi connectivity index (χ1v) is 8.06. The maximum absolute atomic E-state index is 12.0. The zero-order valence-electron chi connectivity index (χ0n) is 11.3. The van der Waals surface area contributed by atoms with Crippen LogP contribution in [0.5, 0.6) is 0 Å². The van der Waals surface area contributed by atoms with E-state index in [0.717, 1.165) is 18.5 Å². The zero-order chi connectivity index (χ0) is 14.6. The van der Waals surface area contributed by atoms with Gasteiger partial charge in [0.05, 0.1) is 4.90 Å². The number of rotatable bonds is 7. The number of carbonyl (C=O) groups excluding carboxylic acids is 1. The third-order valence-electron chi connectivity index (χ3n) is 3.04. The van der Waals surface area contributed by atoms with Crippen molar-refractivity contribution in [2.24, 2.45) is 0 Å². The molecule has 0 bridgehead atoms. The van der Waals surface area contributed by atoms with Crippen molar-refractivity contribution in [1.29, 1.82) is 0 Å². The van der Waals surface area contributed by atoms with Gasteiger partial charge in [-0.05, 0) is 37.1 Å². The third kappa shape index (κ3) is 4.21. The van der Waals surface area contributed by atoms with Gasteiger partial charge in [0.2, 0.25) is 15.9 Å². The molecule has 1 aromatic rings.